The molecule has 1 atom stereocenters. The normalized spacial score (nSPS) is 18.0. The van der Waals surface area contributed by atoms with E-state index >= 15 is 0 Å². The highest BCUT2D eigenvalue weighted by Crippen LogP contribution is 2.16. The minimum Gasteiger partial charge on any atom is -0.492 e. The van der Waals surface area contributed by atoms with E-state index in [0.717, 1.165) is 37.1 Å². The van der Waals surface area contributed by atoms with Gasteiger partial charge in [0.2, 0.25) is 0 Å². The molecule has 0 saturated carbocycles. The SMILES string of the molecule is CC1CCCN(CCOc2ccc(CNNc3ccccc3)cc2)C1. The standard InChI is InChI=1S/C21H29N3O/c1-18-6-5-13-24(17-18)14-15-25-21-11-9-19(10-12-21)16-22-23-20-7-3-2-4-8-20/h2-4,7-12,18,22-23H,5-6,13-17H2,1H3. The zero-order chi connectivity index (χ0) is 17.3. The third-order valence-electron chi connectivity index (χ3n) is 4.64. The van der Waals surface area contributed by atoms with Gasteiger partial charge in [-0.25, -0.2) is 5.43 Å². The molecule has 1 heterocycles. The Morgan fingerprint density at radius 3 is 2.64 bits per heavy atom. The van der Waals surface area contributed by atoms with Crippen LogP contribution in [0.3, 0.4) is 0 Å². The lowest BCUT2D eigenvalue weighted by molar-refractivity contribution is 0.153. The van der Waals surface area contributed by atoms with E-state index in [9.17, 15) is 0 Å². The highest BCUT2D eigenvalue weighted by atomic mass is 16.5. The van der Waals surface area contributed by atoms with Crippen LogP contribution in [-0.2, 0) is 6.54 Å². The number of hydrazine groups is 1. The molecule has 1 saturated heterocycles. The zero-order valence-corrected chi connectivity index (χ0v) is 15.1. The van der Waals surface area contributed by atoms with Crippen LogP contribution in [-0.4, -0.2) is 31.1 Å². The van der Waals surface area contributed by atoms with Crippen molar-refractivity contribution in [2.45, 2.75) is 26.3 Å². The number of anilines is 1. The number of ether oxygens (including phenoxy) is 1. The van der Waals surface area contributed by atoms with Gasteiger partial charge in [-0.3, -0.25) is 4.90 Å². The number of nitrogens with one attached hydrogen (secondary N) is 2. The van der Waals surface area contributed by atoms with Crippen molar-refractivity contribution >= 4 is 5.69 Å². The summed E-state index contributed by atoms with van der Waals surface area (Å²) in [5, 5.41) is 0. The van der Waals surface area contributed by atoms with Crippen molar-refractivity contribution in [2.75, 3.05) is 31.7 Å². The van der Waals surface area contributed by atoms with Crippen LogP contribution in [0.5, 0.6) is 5.75 Å². The summed E-state index contributed by atoms with van der Waals surface area (Å²) in [6, 6.07) is 18.4. The van der Waals surface area contributed by atoms with E-state index in [0.29, 0.717) is 0 Å². The van der Waals surface area contributed by atoms with Crippen molar-refractivity contribution in [1.29, 1.82) is 0 Å². The number of rotatable bonds is 8. The topological polar surface area (TPSA) is 36.5 Å². The highest BCUT2D eigenvalue weighted by Gasteiger charge is 2.15. The van der Waals surface area contributed by atoms with Gasteiger partial charge >= 0.3 is 0 Å². The molecule has 3 rings (SSSR count). The van der Waals surface area contributed by atoms with Crippen LogP contribution in [0, 0.1) is 5.92 Å². The Kier molecular flexibility index (Phi) is 6.71. The van der Waals surface area contributed by atoms with Gasteiger partial charge in [-0.2, -0.15) is 0 Å². The lowest BCUT2D eigenvalue weighted by atomic mass is 10.0. The van der Waals surface area contributed by atoms with E-state index in [-0.39, 0.29) is 0 Å². The van der Waals surface area contributed by atoms with Crippen molar-refractivity contribution in [3.05, 3.63) is 60.2 Å². The fourth-order valence-corrected chi connectivity index (χ4v) is 3.26. The molecule has 4 heteroatoms. The Morgan fingerprint density at radius 2 is 1.88 bits per heavy atom. The first-order chi connectivity index (χ1) is 12.3. The maximum atomic E-state index is 5.90. The molecular formula is C21H29N3O. The quantitative estimate of drug-likeness (QED) is 0.715. The largest absolute Gasteiger partial charge is 0.492 e. The fraction of sp³-hybridized carbons (Fsp3) is 0.429. The van der Waals surface area contributed by atoms with Gasteiger partial charge in [0, 0.05) is 25.3 Å². The van der Waals surface area contributed by atoms with Crippen LogP contribution in [0.2, 0.25) is 0 Å². The van der Waals surface area contributed by atoms with Crippen LogP contribution in [0.15, 0.2) is 54.6 Å². The van der Waals surface area contributed by atoms with E-state index in [1.807, 2.05) is 30.3 Å². The number of piperidine rings is 1. The van der Waals surface area contributed by atoms with Gasteiger partial charge < -0.3 is 10.2 Å². The smallest absolute Gasteiger partial charge is 0.119 e. The van der Waals surface area contributed by atoms with Gasteiger partial charge in [-0.05, 0) is 55.1 Å². The number of hydrogen-bond acceptors (Lipinski definition) is 4. The third kappa shape index (κ3) is 6.07. The van der Waals surface area contributed by atoms with E-state index in [1.165, 1.54) is 31.5 Å². The van der Waals surface area contributed by atoms with Gasteiger partial charge in [0.1, 0.15) is 12.4 Å². The first-order valence-electron chi connectivity index (χ1n) is 9.27. The molecule has 0 spiro atoms. The second-order valence-corrected chi connectivity index (χ2v) is 6.88. The van der Waals surface area contributed by atoms with Crippen LogP contribution >= 0.6 is 0 Å². The second kappa shape index (κ2) is 9.44. The number of nitrogens with zero attached hydrogens (tertiary/aromatic N) is 1. The Balaban J connectivity index is 1.35. The molecule has 1 unspecified atom stereocenters. The van der Waals surface area contributed by atoms with Gasteiger partial charge in [0.15, 0.2) is 0 Å². The number of para-hydroxylation sites is 1. The van der Waals surface area contributed by atoms with Crippen molar-refractivity contribution in [2.24, 2.45) is 5.92 Å². The van der Waals surface area contributed by atoms with E-state index in [1.54, 1.807) is 0 Å². The molecule has 1 aliphatic heterocycles. The molecule has 0 bridgehead atoms. The fourth-order valence-electron chi connectivity index (χ4n) is 3.26. The van der Waals surface area contributed by atoms with E-state index in [2.05, 4.69) is 46.9 Å². The van der Waals surface area contributed by atoms with E-state index < -0.39 is 0 Å². The van der Waals surface area contributed by atoms with Crippen molar-refractivity contribution < 1.29 is 4.74 Å². The van der Waals surface area contributed by atoms with Crippen LogP contribution < -0.4 is 15.6 Å². The summed E-state index contributed by atoms with van der Waals surface area (Å²) in [5.74, 6) is 1.77. The first-order valence-corrected chi connectivity index (χ1v) is 9.27. The summed E-state index contributed by atoms with van der Waals surface area (Å²) in [5.41, 5.74) is 8.71. The molecule has 0 aliphatic carbocycles. The molecule has 2 aromatic rings. The van der Waals surface area contributed by atoms with Crippen LogP contribution in [0.25, 0.3) is 0 Å². The minimum absolute atomic E-state index is 0.764. The molecule has 2 N–H and O–H groups in total. The van der Waals surface area contributed by atoms with Crippen LogP contribution in [0.4, 0.5) is 5.69 Å². The molecule has 0 radical (unpaired) electrons. The molecule has 0 amide bonds. The zero-order valence-electron chi connectivity index (χ0n) is 15.1. The number of benzene rings is 2. The van der Waals surface area contributed by atoms with Gasteiger partial charge in [0.05, 0.1) is 0 Å². The summed E-state index contributed by atoms with van der Waals surface area (Å²) in [4.78, 5) is 2.52. The summed E-state index contributed by atoms with van der Waals surface area (Å²) < 4.78 is 5.90. The van der Waals surface area contributed by atoms with Crippen LogP contribution in [0.1, 0.15) is 25.3 Å². The predicted octanol–water partition coefficient (Wildman–Crippen LogP) is 3.91. The molecule has 0 aromatic heterocycles. The molecule has 1 aliphatic rings. The summed E-state index contributed by atoms with van der Waals surface area (Å²) in [6.45, 7) is 7.32. The van der Waals surface area contributed by atoms with Crippen molar-refractivity contribution in [1.82, 2.24) is 10.3 Å². The third-order valence-corrected chi connectivity index (χ3v) is 4.64. The van der Waals surface area contributed by atoms with E-state index in [4.69, 9.17) is 4.74 Å². The van der Waals surface area contributed by atoms with Gasteiger partial charge in [-0.1, -0.05) is 37.3 Å². The Bertz CT molecular complexity index is 615. The summed E-state index contributed by atoms with van der Waals surface area (Å²) in [6.07, 6.45) is 2.69. The molecule has 25 heavy (non-hydrogen) atoms. The molecule has 134 valence electrons. The molecule has 4 nitrogen and oxygen atoms in total. The second-order valence-electron chi connectivity index (χ2n) is 6.88. The average Bonchev–Trinajstić information content (AvgIpc) is 2.64. The maximum Gasteiger partial charge on any atom is 0.119 e. The van der Waals surface area contributed by atoms with Gasteiger partial charge in [-0.15, -0.1) is 0 Å². The molecule has 2 aromatic carbocycles. The molecule has 1 fully saturated rings. The number of likely N-dealkylation sites (tertiary alicyclic amines) is 1. The monoisotopic (exact) mass is 339 g/mol. The lowest BCUT2D eigenvalue weighted by Crippen LogP contribution is -2.37. The summed E-state index contributed by atoms with van der Waals surface area (Å²) >= 11 is 0. The highest BCUT2D eigenvalue weighted by molar-refractivity contribution is 5.41. The van der Waals surface area contributed by atoms with Crippen molar-refractivity contribution in [3.63, 3.8) is 0 Å². The minimum atomic E-state index is 0.764. The van der Waals surface area contributed by atoms with Crippen molar-refractivity contribution in [3.8, 4) is 5.75 Å². The lowest BCUT2D eigenvalue weighted by Gasteiger charge is -2.30. The molecular weight excluding hydrogens is 310 g/mol. The average molecular weight is 339 g/mol. The summed E-state index contributed by atoms with van der Waals surface area (Å²) in [7, 11) is 0. The Morgan fingerprint density at radius 1 is 1.08 bits per heavy atom. The number of hydrogen-bond donors (Lipinski definition) is 2. The predicted molar refractivity (Wildman–Crippen MR) is 104 cm³/mol. The Hall–Kier alpha value is -2.04. The maximum absolute atomic E-state index is 5.90. The Labute approximate surface area is 151 Å². The first kappa shape index (κ1) is 17.8. The van der Waals surface area contributed by atoms with Gasteiger partial charge in [0.25, 0.3) is 0 Å².